The van der Waals surface area contributed by atoms with E-state index in [2.05, 4.69) is 173 Å². The first-order valence-corrected chi connectivity index (χ1v) is 21.2. The molecule has 0 aliphatic heterocycles. The van der Waals surface area contributed by atoms with Crippen LogP contribution in [0.2, 0.25) is 0 Å². The lowest BCUT2D eigenvalue weighted by Gasteiger charge is -2.13. The average molecular weight is 806 g/mol. The number of fused-ring (bicyclic) bond motifs is 9. The van der Waals surface area contributed by atoms with Crippen LogP contribution in [-0.4, -0.2) is 24.1 Å². The molecule has 0 bridgehead atoms. The van der Waals surface area contributed by atoms with Crippen LogP contribution in [0.25, 0.3) is 122 Å². The molecule has 0 aliphatic carbocycles. The molecule has 0 amide bonds. The Bertz CT molecular complexity index is 3890. The number of hydrogen-bond acceptors (Lipinski definition) is 4. The van der Waals surface area contributed by atoms with Crippen LogP contribution in [-0.2, 0) is 0 Å². The normalized spacial score (nSPS) is 11.8. The minimum Gasteiger partial charge on any atom is -0.454 e. The molecule has 0 radical (unpaired) electrons. The van der Waals surface area contributed by atoms with Crippen LogP contribution < -0.4 is 0 Å². The number of hydrogen-bond donors (Lipinski definition) is 0. The van der Waals surface area contributed by atoms with Crippen molar-refractivity contribution in [2.75, 3.05) is 0 Å². The van der Waals surface area contributed by atoms with Crippen LogP contribution >= 0.6 is 0 Å². The molecule has 0 spiro atoms. The second kappa shape index (κ2) is 14.0. The maximum atomic E-state index is 6.98. The Balaban J connectivity index is 1.07. The lowest BCUT2D eigenvalue weighted by Crippen LogP contribution is -2.01. The fourth-order valence-electron chi connectivity index (χ4n) is 9.51. The first kappa shape index (κ1) is 35.2. The molecule has 13 rings (SSSR count). The molecule has 0 saturated carbocycles. The lowest BCUT2D eigenvalue weighted by atomic mass is 10.0. The predicted molar refractivity (Wildman–Crippen MR) is 258 cm³/mol. The molecule has 6 heteroatoms. The highest BCUT2D eigenvalue weighted by molar-refractivity contribution is 6.21. The van der Waals surface area contributed by atoms with Crippen LogP contribution in [0.15, 0.2) is 217 Å². The first-order chi connectivity index (χ1) is 31.2. The van der Waals surface area contributed by atoms with E-state index in [4.69, 9.17) is 19.4 Å². The van der Waals surface area contributed by atoms with E-state index in [1.54, 1.807) is 0 Å². The summed E-state index contributed by atoms with van der Waals surface area (Å²) in [4.78, 5) is 15.5. The Labute approximate surface area is 361 Å². The third kappa shape index (κ3) is 5.55. The van der Waals surface area contributed by atoms with Crippen molar-refractivity contribution in [3.63, 3.8) is 0 Å². The van der Waals surface area contributed by atoms with Crippen molar-refractivity contribution in [3.8, 4) is 56.7 Å². The van der Waals surface area contributed by atoms with Crippen LogP contribution in [0, 0.1) is 0 Å². The van der Waals surface area contributed by atoms with Crippen molar-refractivity contribution < 1.29 is 4.42 Å². The van der Waals surface area contributed by atoms with E-state index in [9.17, 15) is 0 Å². The Morgan fingerprint density at radius 2 is 0.825 bits per heavy atom. The van der Waals surface area contributed by atoms with E-state index in [1.165, 1.54) is 27.1 Å². The van der Waals surface area contributed by atoms with Gasteiger partial charge in [-0.05, 0) is 65.7 Å². The standard InChI is InChI=1S/C57H35N5O/c1-4-16-36(17-5-1)37-28-30-39(31-29-37)56-58-55(38-18-6-2-7-19-38)59-57(60-56)44-32-33-49(54-53(44)43-24-12-15-27-52(43)63-54)62-48-26-14-11-23-42(48)46-34-45-41-22-10-13-25-47(41)61(50(45)35-51(46)62)40-20-8-3-9-21-40/h1-35H. The molecule has 0 saturated heterocycles. The first-order valence-electron chi connectivity index (χ1n) is 21.2. The average Bonchev–Trinajstić information content (AvgIpc) is 4.02. The zero-order valence-corrected chi connectivity index (χ0v) is 33.9. The van der Waals surface area contributed by atoms with Crippen LogP contribution in [0.5, 0.6) is 0 Å². The third-order valence-electron chi connectivity index (χ3n) is 12.4. The number of benzene rings is 9. The van der Waals surface area contributed by atoms with Gasteiger partial charge in [-0.2, -0.15) is 0 Å². The van der Waals surface area contributed by atoms with E-state index >= 15 is 0 Å². The van der Waals surface area contributed by atoms with Crippen molar-refractivity contribution >= 4 is 65.6 Å². The zero-order valence-electron chi connectivity index (χ0n) is 33.9. The Hall–Kier alpha value is -8.61. The summed E-state index contributed by atoms with van der Waals surface area (Å²) in [6.07, 6.45) is 0. The number of nitrogens with zero attached hydrogens (tertiary/aromatic N) is 5. The largest absolute Gasteiger partial charge is 0.454 e. The van der Waals surface area contributed by atoms with Gasteiger partial charge in [-0.25, -0.2) is 15.0 Å². The molecule has 0 aliphatic rings. The monoisotopic (exact) mass is 805 g/mol. The number of furan rings is 1. The molecule has 6 nitrogen and oxygen atoms in total. The van der Waals surface area contributed by atoms with E-state index in [0.717, 1.165) is 77.7 Å². The molecule has 4 aromatic heterocycles. The maximum absolute atomic E-state index is 6.98. The highest BCUT2D eigenvalue weighted by atomic mass is 16.3. The van der Waals surface area contributed by atoms with E-state index < -0.39 is 0 Å². The predicted octanol–water partition coefficient (Wildman–Crippen LogP) is 14.6. The Morgan fingerprint density at radius 1 is 0.333 bits per heavy atom. The van der Waals surface area contributed by atoms with Gasteiger partial charge in [0.05, 0.1) is 27.8 Å². The van der Waals surface area contributed by atoms with Gasteiger partial charge in [0.25, 0.3) is 0 Å². The van der Waals surface area contributed by atoms with E-state index in [-0.39, 0.29) is 0 Å². The summed E-state index contributed by atoms with van der Waals surface area (Å²) >= 11 is 0. The van der Waals surface area contributed by atoms with Gasteiger partial charge < -0.3 is 13.6 Å². The van der Waals surface area contributed by atoms with Crippen LogP contribution in [0.1, 0.15) is 0 Å². The molecule has 0 N–H and O–H groups in total. The fourth-order valence-corrected chi connectivity index (χ4v) is 9.51. The summed E-state index contributed by atoms with van der Waals surface area (Å²) in [5.41, 5.74) is 13.1. The van der Waals surface area contributed by atoms with Crippen LogP contribution in [0.3, 0.4) is 0 Å². The molecular weight excluding hydrogens is 771 g/mol. The van der Waals surface area contributed by atoms with Gasteiger partial charge in [0.1, 0.15) is 5.58 Å². The minimum absolute atomic E-state index is 0.574. The van der Waals surface area contributed by atoms with Crippen molar-refractivity contribution in [1.29, 1.82) is 0 Å². The molecule has 294 valence electrons. The Kier molecular flexibility index (Phi) is 7.80. The lowest BCUT2D eigenvalue weighted by molar-refractivity contribution is 0.666. The van der Waals surface area contributed by atoms with E-state index in [0.29, 0.717) is 17.5 Å². The quantitative estimate of drug-likeness (QED) is 0.168. The molecule has 4 heterocycles. The van der Waals surface area contributed by atoms with Gasteiger partial charge >= 0.3 is 0 Å². The second-order valence-electron chi connectivity index (χ2n) is 16.0. The SMILES string of the molecule is c1ccc(-c2ccc(-c3nc(-c4ccccc4)nc(-c4ccc(-n5c6ccccc6c6cc7c8ccccc8n(-c8ccccc8)c7cc65)c5oc6ccccc6c45)n3)cc2)cc1. The summed E-state index contributed by atoms with van der Waals surface area (Å²) in [5.74, 6) is 1.78. The number of rotatable bonds is 6. The molecule has 63 heavy (non-hydrogen) atoms. The molecule has 9 aromatic carbocycles. The highest BCUT2D eigenvalue weighted by Gasteiger charge is 2.24. The van der Waals surface area contributed by atoms with Gasteiger partial charge in [0.15, 0.2) is 23.1 Å². The van der Waals surface area contributed by atoms with Crippen molar-refractivity contribution in [2.24, 2.45) is 0 Å². The Morgan fingerprint density at radius 3 is 1.51 bits per heavy atom. The molecular formula is C57H35N5O. The van der Waals surface area contributed by atoms with Gasteiger partial charge in [-0.3, -0.25) is 0 Å². The summed E-state index contributed by atoms with van der Waals surface area (Å²) < 4.78 is 11.7. The zero-order chi connectivity index (χ0) is 41.4. The van der Waals surface area contributed by atoms with Crippen molar-refractivity contribution in [3.05, 3.63) is 212 Å². The van der Waals surface area contributed by atoms with Crippen molar-refractivity contribution in [1.82, 2.24) is 24.1 Å². The maximum Gasteiger partial charge on any atom is 0.164 e. The van der Waals surface area contributed by atoms with Crippen LogP contribution in [0.4, 0.5) is 0 Å². The summed E-state index contributed by atoms with van der Waals surface area (Å²) in [6.45, 7) is 0. The molecule has 13 aromatic rings. The summed E-state index contributed by atoms with van der Waals surface area (Å²) in [6, 6.07) is 74.3. The molecule has 0 fully saturated rings. The van der Waals surface area contributed by atoms with Gasteiger partial charge in [-0.15, -0.1) is 0 Å². The number of para-hydroxylation sites is 4. The summed E-state index contributed by atoms with van der Waals surface area (Å²) in [7, 11) is 0. The van der Waals surface area contributed by atoms with Gasteiger partial charge in [0.2, 0.25) is 0 Å². The minimum atomic E-state index is 0.574. The topological polar surface area (TPSA) is 61.7 Å². The van der Waals surface area contributed by atoms with Gasteiger partial charge in [-0.1, -0.05) is 158 Å². The van der Waals surface area contributed by atoms with Gasteiger partial charge in [0, 0.05) is 54.7 Å². The smallest absolute Gasteiger partial charge is 0.164 e. The fraction of sp³-hybridized carbons (Fsp3) is 0. The third-order valence-corrected chi connectivity index (χ3v) is 12.4. The molecule has 0 unspecified atom stereocenters. The number of aromatic nitrogens is 5. The molecule has 0 atom stereocenters. The van der Waals surface area contributed by atoms with Crippen molar-refractivity contribution in [2.45, 2.75) is 0 Å². The second-order valence-corrected chi connectivity index (χ2v) is 16.0. The summed E-state index contributed by atoms with van der Waals surface area (Å²) in [5, 5.41) is 6.72. The van der Waals surface area contributed by atoms with E-state index in [1.807, 2.05) is 48.5 Å². The highest BCUT2D eigenvalue weighted by Crippen LogP contribution is 2.44.